The van der Waals surface area contributed by atoms with E-state index in [1.54, 1.807) is 0 Å². The summed E-state index contributed by atoms with van der Waals surface area (Å²) in [5, 5.41) is 18.5. The van der Waals surface area contributed by atoms with Crippen molar-refractivity contribution in [3.05, 3.63) is 64.1 Å². The average Bonchev–Trinajstić information content (AvgIpc) is 2.47. The SMILES string of the molecule is O=C(O)c1ccc(-c2cc(=O)c3cc(O)ccc3[nH]2)c(F)c1. The van der Waals surface area contributed by atoms with E-state index in [2.05, 4.69) is 4.98 Å². The lowest BCUT2D eigenvalue weighted by atomic mass is 10.1. The van der Waals surface area contributed by atoms with Crippen LogP contribution in [0.15, 0.2) is 47.3 Å². The van der Waals surface area contributed by atoms with Gasteiger partial charge in [0, 0.05) is 22.5 Å². The number of benzene rings is 2. The Morgan fingerprint density at radius 1 is 1.09 bits per heavy atom. The number of fused-ring (bicyclic) bond motifs is 1. The van der Waals surface area contributed by atoms with Crippen LogP contribution in [0, 0.1) is 5.82 Å². The highest BCUT2D eigenvalue weighted by Gasteiger charge is 2.12. The van der Waals surface area contributed by atoms with Crippen LogP contribution < -0.4 is 5.43 Å². The Balaban J connectivity index is 2.21. The molecular formula is C16H10FNO4. The molecule has 3 N–H and O–H groups in total. The first kappa shape index (κ1) is 13.8. The lowest BCUT2D eigenvalue weighted by molar-refractivity contribution is 0.0696. The van der Waals surface area contributed by atoms with Crippen LogP contribution in [0.4, 0.5) is 4.39 Å². The minimum atomic E-state index is -1.23. The van der Waals surface area contributed by atoms with Crippen LogP contribution in [0.1, 0.15) is 10.4 Å². The van der Waals surface area contributed by atoms with E-state index >= 15 is 0 Å². The molecule has 5 nitrogen and oxygen atoms in total. The van der Waals surface area contributed by atoms with E-state index < -0.39 is 11.8 Å². The molecule has 0 unspecified atom stereocenters. The van der Waals surface area contributed by atoms with Crippen LogP contribution in [0.2, 0.25) is 0 Å². The van der Waals surface area contributed by atoms with Crippen LogP contribution in [0.3, 0.4) is 0 Å². The molecule has 0 saturated carbocycles. The summed E-state index contributed by atoms with van der Waals surface area (Å²) in [4.78, 5) is 25.8. The number of aromatic nitrogens is 1. The van der Waals surface area contributed by atoms with Crippen LogP contribution in [0.5, 0.6) is 5.75 Å². The maximum Gasteiger partial charge on any atom is 0.335 e. The number of nitrogens with one attached hydrogen (secondary N) is 1. The van der Waals surface area contributed by atoms with Crippen molar-refractivity contribution in [2.24, 2.45) is 0 Å². The minimum Gasteiger partial charge on any atom is -0.508 e. The number of pyridine rings is 1. The van der Waals surface area contributed by atoms with Crippen molar-refractivity contribution in [3.63, 3.8) is 0 Å². The van der Waals surface area contributed by atoms with Crippen molar-refractivity contribution in [3.8, 4) is 17.0 Å². The summed E-state index contributed by atoms with van der Waals surface area (Å²) in [7, 11) is 0. The van der Waals surface area contributed by atoms with E-state index in [9.17, 15) is 19.1 Å². The van der Waals surface area contributed by atoms with Gasteiger partial charge in [-0.15, -0.1) is 0 Å². The third-order valence-corrected chi connectivity index (χ3v) is 3.32. The number of carbonyl (C=O) groups is 1. The first-order chi connectivity index (χ1) is 10.5. The van der Waals surface area contributed by atoms with E-state index in [0.29, 0.717) is 5.52 Å². The Hall–Kier alpha value is -3.15. The summed E-state index contributed by atoms with van der Waals surface area (Å²) >= 11 is 0. The molecule has 1 aromatic heterocycles. The second kappa shape index (κ2) is 5.00. The second-order valence-corrected chi connectivity index (χ2v) is 4.78. The number of H-pyrrole nitrogens is 1. The van der Waals surface area contributed by atoms with Gasteiger partial charge in [-0.25, -0.2) is 9.18 Å². The predicted octanol–water partition coefficient (Wildman–Crippen LogP) is 2.74. The Morgan fingerprint density at radius 3 is 2.55 bits per heavy atom. The van der Waals surface area contributed by atoms with Gasteiger partial charge in [-0.2, -0.15) is 0 Å². The number of halogens is 1. The predicted molar refractivity (Wildman–Crippen MR) is 78.6 cm³/mol. The third-order valence-electron chi connectivity index (χ3n) is 3.32. The van der Waals surface area contributed by atoms with Gasteiger partial charge in [0.15, 0.2) is 5.43 Å². The summed E-state index contributed by atoms with van der Waals surface area (Å²) in [5.74, 6) is -2.01. The molecule has 0 bridgehead atoms. The highest BCUT2D eigenvalue weighted by atomic mass is 19.1. The van der Waals surface area contributed by atoms with Crippen molar-refractivity contribution in [2.45, 2.75) is 0 Å². The number of carboxylic acids is 1. The summed E-state index contributed by atoms with van der Waals surface area (Å²) in [6.07, 6.45) is 0. The number of aromatic carboxylic acids is 1. The van der Waals surface area contributed by atoms with Gasteiger partial charge >= 0.3 is 5.97 Å². The number of phenols is 1. The molecule has 3 rings (SSSR count). The zero-order chi connectivity index (χ0) is 15.9. The summed E-state index contributed by atoms with van der Waals surface area (Å²) in [5.41, 5.74) is 0.229. The number of carboxylic acid groups (broad SMARTS) is 1. The molecule has 0 aliphatic carbocycles. The molecule has 6 heteroatoms. The van der Waals surface area contributed by atoms with Crippen LogP contribution >= 0.6 is 0 Å². The van der Waals surface area contributed by atoms with Crippen LogP contribution in [0.25, 0.3) is 22.2 Å². The fraction of sp³-hybridized carbons (Fsp3) is 0. The molecule has 2 aromatic carbocycles. The van der Waals surface area contributed by atoms with Gasteiger partial charge in [0.1, 0.15) is 11.6 Å². The highest BCUT2D eigenvalue weighted by molar-refractivity contribution is 5.88. The summed E-state index contributed by atoms with van der Waals surface area (Å²) in [6, 6.07) is 8.92. The molecule has 110 valence electrons. The minimum absolute atomic E-state index is 0.0391. The van der Waals surface area contributed by atoms with Gasteiger partial charge in [-0.1, -0.05) is 0 Å². The van der Waals surface area contributed by atoms with Gasteiger partial charge in [-0.05, 0) is 36.4 Å². The van der Waals surface area contributed by atoms with Crippen LogP contribution in [-0.2, 0) is 0 Å². The van der Waals surface area contributed by atoms with Gasteiger partial charge in [0.2, 0.25) is 0 Å². The number of hydrogen-bond acceptors (Lipinski definition) is 3. The molecule has 0 aliphatic rings. The standard InChI is InChI=1S/C16H10FNO4/c17-12-5-8(16(21)22)1-3-10(12)14-7-15(20)11-6-9(19)2-4-13(11)18-14/h1-7,19H,(H,18,20)(H,21,22). The number of aromatic amines is 1. The lowest BCUT2D eigenvalue weighted by Gasteiger charge is -2.07. The van der Waals surface area contributed by atoms with Gasteiger partial charge in [0.25, 0.3) is 0 Å². The van der Waals surface area contributed by atoms with Crippen LogP contribution in [-0.4, -0.2) is 21.2 Å². The van der Waals surface area contributed by atoms with Crippen molar-refractivity contribution in [1.29, 1.82) is 0 Å². The lowest BCUT2D eigenvalue weighted by Crippen LogP contribution is -2.04. The number of phenolic OH excluding ortho intramolecular Hbond substituents is 1. The second-order valence-electron chi connectivity index (χ2n) is 4.78. The largest absolute Gasteiger partial charge is 0.508 e. The fourth-order valence-corrected chi connectivity index (χ4v) is 2.25. The number of rotatable bonds is 2. The summed E-state index contributed by atoms with van der Waals surface area (Å²) in [6.45, 7) is 0. The van der Waals surface area contributed by atoms with Gasteiger partial charge < -0.3 is 15.2 Å². The molecule has 0 spiro atoms. The van der Waals surface area contributed by atoms with Crippen molar-refractivity contribution in [2.75, 3.05) is 0 Å². The zero-order valence-corrected chi connectivity index (χ0v) is 11.1. The first-order valence-corrected chi connectivity index (χ1v) is 6.35. The molecule has 0 aliphatic heterocycles. The Kier molecular flexibility index (Phi) is 3.14. The Labute approximate surface area is 123 Å². The quantitative estimate of drug-likeness (QED) is 0.678. The molecule has 0 radical (unpaired) electrons. The van der Waals surface area contributed by atoms with E-state index in [1.165, 1.54) is 36.4 Å². The van der Waals surface area contributed by atoms with Crippen molar-refractivity contribution < 1.29 is 19.4 Å². The third kappa shape index (κ3) is 2.31. The smallest absolute Gasteiger partial charge is 0.335 e. The molecule has 22 heavy (non-hydrogen) atoms. The first-order valence-electron chi connectivity index (χ1n) is 6.35. The number of hydrogen-bond donors (Lipinski definition) is 3. The van der Waals surface area contributed by atoms with E-state index in [1.807, 2.05) is 0 Å². The monoisotopic (exact) mass is 299 g/mol. The molecule has 1 heterocycles. The summed E-state index contributed by atoms with van der Waals surface area (Å²) < 4.78 is 14.1. The number of aromatic hydroxyl groups is 1. The molecular weight excluding hydrogens is 289 g/mol. The van der Waals surface area contributed by atoms with Gasteiger partial charge in [0.05, 0.1) is 11.3 Å². The van der Waals surface area contributed by atoms with E-state index in [-0.39, 0.29) is 33.4 Å². The van der Waals surface area contributed by atoms with Crippen molar-refractivity contribution in [1.82, 2.24) is 4.98 Å². The maximum absolute atomic E-state index is 14.1. The molecule has 0 amide bonds. The molecule has 0 atom stereocenters. The topological polar surface area (TPSA) is 90.4 Å². The maximum atomic E-state index is 14.1. The van der Waals surface area contributed by atoms with Gasteiger partial charge in [-0.3, -0.25) is 4.79 Å². The highest BCUT2D eigenvalue weighted by Crippen LogP contribution is 2.24. The van der Waals surface area contributed by atoms with Crippen molar-refractivity contribution >= 4 is 16.9 Å². The molecule has 0 saturated heterocycles. The Morgan fingerprint density at radius 2 is 1.86 bits per heavy atom. The normalized spacial score (nSPS) is 10.8. The Bertz CT molecular complexity index is 962. The average molecular weight is 299 g/mol. The molecule has 3 aromatic rings. The van der Waals surface area contributed by atoms with E-state index in [4.69, 9.17) is 5.11 Å². The fourth-order valence-electron chi connectivity index (χ4n) is 2.25. The molecule has 0 fully saturated rings. The zero-order valence-electron chi connectivity index (χ0n) is 11.1. The van der Waals surface area contributed by atoms with E-state index in [0.717, 1.165) is 6.07 Å².